The second-order valence-electron chi connectivity index (χ2n) is 4.13. The van der Waals surface area contributed by atoms with Crippen molar-refractivity contribution in [3.8, 4) is 11.3 Å². The van der Waals surface area contributed by atoms with Gasteiger partial charge >= 0.3 is 6.18 Å². The van der Waals surface area contributed by atoms with Crippen LogP contribution >= 0.6 is 27.5 Å². The molecule has 114 valence electrons. The molecule has 0 aliphatic heterocycles. The van der Waals surface area contributed by atoms with Crippen molar-refractivity contribution >= 4 is 27.5 Å². The third kappa shape index (κ3) is 3.59. The zero-order chi connectivity index (χ0) is 15.6. The lowest BCUT2D eigenvalue weighted by atomic mass is 10.2. The van der Waals surface area contributed by atoms with Crippen LogP contribution in [0.25, 0.3) is 11.3 Å². The van der Waals surface area contributed by atoms with Gasteiger partial charge in [-0.3, -0.25) is 4.57 Å². The topological polar surface area (TPSA) is 27.1 Å². The lowest BCUT2D eigenvalue weighted by molar-refractivity contribution is -0.149. The third-order valence-corrected chi connectivity index (χ3v) is 3.76. The van der Waals surface area contributed by atoms with Gasteiger partial charge in [-0.2, -0.15) is 13.2 Å². The van der Waals surface area contributed by atoms with E-state index in [-0.39, 0.29) is 17.0 Å². The average molecular weight is 384 g/mol. The second-order valence-corrected chi connectivity index (χ2v) is 5.32. The summed E-state index contributed by atoms with van der Waals surface area (Å²) in [6.45, 7) is 1.78. The first kappa shape index (κ1) is 16.3. The van der Waals surface area contributed by atoms with Crippen LogP contribution in [0.2, 0.25) is 5.02 Å². The van der Waals surface area contributed by atoms with E-state index in [9.17, 15) is 13.2 Å². The van der Waals surface area contributed by atoms with Crippen molar-refractivity contribution in [2.75, 3.05) is 6.61 Å². The maximum absolute atomic E-state index is 13.1. The molecule has 0 unspecified atom stereocenters. The number of aromatic nitrogens is 2. The van der Waals surface area contributed by atoms with Gasteiger partial charge in [-0.05, 0) is 35.0 Å². The molecule has 0 saturated carbocycles. The molecule has 2 rings (SSSR count). The molecule has 3 nitrogen and oxygen atoms in total. The Morgan fingerprint density at radius 1 is 1.29 bits per heavy atom. The van der Waals surface area contributed by atoms with Crippen LogP contribution in [0.3, 0.4) is 0 Å². The van der Waals surface area contributed by atoms with Crippen molar-refractivity contribution < 1.29 is 17.9 Å². The van der Waals surface area contributed by atoms with Gasteiger partial charge in [-0.25, -0.2) is 4.98 Å². The molecule has 0 aliphatic carbocycles. The zero-order valence-electron chi connectivity index (χ0n) is 10.9. The van der Waals surface area contributed by atoms with E-state index in [0.717, 1.165) is 4.57 Å². The van der Waals surface area contributed by atoms with E-state index < -0.39 is 12.0 Å². The number of nitrogens with zero attached hydrogens (tertiary/aromatic N) is 2. The molecular weight excluding hydrogens is 373 g/mol. The summed E-state index contributed by atoms with van der Waals surface area (Å²) in [5.74, 6) is -1.01. The molecule has 0 bridgehead atoms. The minimum Gasteiger partial charge on any atom is -0.361 e. The molecule has 1 heterocycles. The number of rotatable bonds is 4. The highest BCUT2D eigenvalue weighted by molar-refractivity contribution is 9.10. The van der Waals surface area contributed by atoms with Crippen LogP contribution in [0, 0.1) is 0 Å². The number of halogens is 5. The van der Waals surface area contributed by atoms with Gasteiger partial charge in [-0.1, -0.05) is 23.7 Å². The number of benzene rings is 1. The lowest BCUT2D eigenvalue weighted by Gasteiger charge is -2.10. The van der Waals surface area contributed by atoms with Gasteiger partial charge in [0, 0.05) is 17.2 Å². The molecule has 0 aliphatic rings. The van der Waals surface area contributed by atoms with Crippen LogP contribution in [0.15, 0.2) is 28.9 Å². The highest BCUT2D eigenvalue weighted by Gasteiger charge is 2.38. The van der Waals surface area contributed by atoms with E-state index in [2.05, 4.69) is 20.9 Å². The van der Waals surface area contributed by atoms with Crippen molar-refractivity contribution in [2.45, 2.75) is 19.8 Å². The van der Waals surface area contributed by atoms with E-state index in [1.165, 1.54) is 0 Å². The van der Waals surface area contributed by atoms with Crippen molar-refractivity contribution in [2.24, 2.45) is 0 Å². The van der Waals surface area contributed by atoms with Gasteiger partial charge in [0.1, 0.15) is 17.0 Å². The van der Waals surface area contributed by atoms with Gasteiger partial charge < -0.3 is 4.74 Å². The summed E-state index contributed by atoms with van der Waals surface area (Å²) in [6, 6.07) is 6.41. The van der Waals surface area contributed by atoms with Gasteiger partial charge in [0.25, 0.3) is 0 Å². The molecule has 8 heteroatoms. The molecule has 1 aromatic heterocycles. The van der Waals surface area contributed by atoms with E-state index in [1.807, 2.05) is 0 Å². The largest absolute Gasteiger partial charge is 0.449 e. The number of hydrogen-bond acceptors (Lipinski definition) is 2. The molecule has 0 N–H and O–H groups in total. The summed E-state index contributed by atoms with van der Waals surface area (Å²) >= 11 is 8.95. The Bertz CT molecular complexity index is 626. The Morgan fingerprint density at radius 3 is 2.43 bits per heavy atom. The van der Waals surface area contributed by atoms with Crippen LogP contribution in [-0.2, 0) is 17.6 Å². The highest BCUT2D eigenvalue weighted by atomic mass is 79.9. The van der Waals surface area contributed by atoms with Crippen LogP contribution in [-0.4, -0.2) is 16.2 Å². The van der Waals surface area contributed by atoms with E-state index in [0.29, 0.717) is 17.2 Å². The minimum absolute atomic E-state index is 0.193. The first-order valence-electron chi connectivity index (χ1n) is 6.01. The normalized spacial score (nSPS) is 11.9. The monoisotopic (exact) mass is 382 g/mol. The maximum atomic E-state index is 13.1. The Morgan fingerprint density at radius 2 is 1.90 bits per heavy atom. The average Bonchev–Trinajstić information content (AvgIpc) is 2.74. The van der Waals surface area contributed by atoms with Crippen LogP contribution in [0.5, 0.6) is 0 Å². The molecule has 0 fully saturated rings. The molecular formula is C13H11BrClF3N2O. The lowest BCUT2D eigenvalue weighted by Crippen LogP contribution is -2.16. The molecule has 2 aromatic rings. The van der Waals surface area contributed by atoms with Gasteiger partial charge in [0.15, 0.2) is 0 Å². The fraction of sp³-hybridized carbons (Fsp3) is 0.308. The molecule has 1 aromatic carbocycles. The summed E-state index contributed by atoms with van der Waals surface area (Å²) in [5, 5.41) is 0.500. The van der Waals surface area contributed by atoms with Gasteiger partial charge in [0.2, 0.25) is 5.82 Å². The predicted octanol–water partition coefficient (Wildman–Crippen LogP) is 4.98. The molecule has 0 radical (unpaired) electrons. The number of hydrogen-bond donors (Lipinski definition) is 0. The first-order valence-corrected chi connectivity index (χ1v) is 7.18. The summed E-state index contributed by atoms with van der Waals surface area (Å²) in [5.41, 5.74) is 0.728. The zero-order valence-corrected chi connectivity index (χ0v) is 13.3. The quantitative estimate of drug-likeness (QED) is 0.744. The molecule has 21 heavy (non-hydrogen) atoms. The van der Waals surface area contributed by atoms with E-state index in [4.69, 9.17) is 16.3 Å². The number of ether oxygens (including phenoxy) is 1. The summed E-state index contributed by atoms with van der Waals surface area (Å²) in [7, 11) is 0. The third-order valence-electron chi connectivity index (χ3n) is 2.70. The van der Waals surface area contributed by atoms with Crippen molar-refractivity contribution in [3.63, 3.8) is 0 Å². The van der Waals surface area contributed by atoms with Crippen LogP contribution in [0.1, 0.15) is 12.7 Å². The molecule has 0 spiro atoms. The Labute approximate surface area is 132 Å². The smallest absolute Gasteiger partial charge is 0.361 e. The summed E-state index contributed by atoms with van der Waals surface area (Å²) < 4.78 is 45.4. The first-order chi connectivity index (χ1) is 9.84. The summed E-state index contributed by atoms with van der Waals surface area (Å²) in [6.07, 6.45) is -4.57. The predicted molar refractivity (Wildman–Crippen MR) is 77.0 cm³/mol. The number of imidazole rings is 1. The summed E-state index contributed by atoms with van der Waals surface area (Å²) in [4.78, 5) is 3.70. The van der Waals surface area contributed by atoms with Crippen molar-refractivity contribution in [1.82, 2.24) is 9.55 Å². The standard InChI is InChI=1S/C13H11BrClF3N2O/c1-2-21-7-20-11(14)10(19-12(20)13(16,17)18)8-3-5-9(15)6-4-8/h3-6H,2,7H2,1H3. The minimum atomic E-state index is -4.57. The Kier molecular flexibility index (Phi) is 4.95. The van der Waals surface area contributed by atoms with E-state index in [1.54, 1.807) is 31.2 Å². The second kappa shape index (κ2) is 6.37. The number of alkyl halides is 3. The molecule has 0 saturated heterocycles. The van der Waals surface area contributed by atoms with Crippen molar-refractivity contribution in [3.05, 3.63) is 39.7 Å². The highest BCUT2D eigenvalue weighted by Crippen LogP contribution is 2.36. The molecule has 0 atom stereocenters. The maximum Gasteiger partial charge on any atom is 0.449 e. The Hall–Kier alpha value is -1.05. The van der Waals surface area contributed by atoms with E-state index >= 15 is 0 Å². The molecule has 0 amide bonds. The fourth-order valence-electron chi connectivity index (χ4n) is 1.74. The van der Waals surface area contributed by atoms with Crippen LogP contribution in [0.4, 0.5) is 13.2 Å². The van der Waals surface area contributed by atoms with Crippen molar-refractivity contribution in [1.29, 1.82) is 0 Å². The fourth-order valence-corrected chi connectivity index (χ4v) is 2.46. The van der Waals surface area contributed by atoms with Gasteiger partial charge in [0.05, 0.1) is 0 Å². The Balaban J connectivity index is 2.52. The SMILES string of the molecule is CCOCn1c(C(F)(F)F)nc(-c2ccc(Cl)cc2)c1Br. The van der Waals surface area contributed by atoms with Gasteiger partial charge in [-0.15, -0.1) is 0 Å². The van der Waals surface area contributed by atoms with Crippen LogP contribution < -0.4 is 0 Å².